The number of aliphatic carboxylic acids is 1. The van der Waals surface area contributed by atoms with Crippen molar-refractivity contribution >= 4 is 11.9 Å². The van der Waals surface area contributed by atoms with Crippen LogP contribution in [-0.2, 0) is 17.8 Å². The van der Waals surface area contributed by atoms with Crippen LogP contribution < -0.4 is 0 Å². The molecule has 21 heavy (non-hydrogen) atoms. The summed E-state index contributed by atoms with van der Waals surface area (Å²) < 4.78 is 1.13. The number of rotatable bonds is 6. The number of amides is 1. The van der Waals surface area contributed by atoms with Crippen molar-refractivity contribution in [3.8, 4) is 0 Å². The monoisotopic (exact) mass is 288 g/mol. The molecule has 0 saturated heterocycles. The Labute approximate surface area is 121 Å². The Morgan fingerprint density at radius 3 is 2.67 bits per heavy atom. The van der Waals surface area contributed by atoms with Gasteiger partial charge in [0.25, 0.3) is 5.91 Å². The van der Waals surface area contributed by atoms with Gasteiger partial charge in [-0.1, -0.05) is 35.5 Å². The van der Waals surface area contributed by atoms with Gasteiger partial charge in [0.1, 0.15) is 6.54 Å². The maximum Gasteiger partial charge on any atom is 0.325 e. The minimum atomic E-state index is -1.03. The van der Waals surface area contributed by atoms with E-state index in [9.17, 15) is 9.59 Å². The zero-order valence-corrected chi connectivity index (χ0v) is 11.6. The fraction of sp³-hybridized carbons (Fsp3) is 0.286. The predicted molar refractivity (Wildman–Crippen MR) is 74.8 cm³/mol. The first-order valence-electron chi connectivity index (χ1n) is 6.47. The van der Waals surface area contributed by atoms with Crippen LogP contribution in [0.25, 0.3) is 0 Å². The summed E-state index contributed by atoms with van der Waals surface area (Å²) in [6.45, 7) is 0.239. The number of hydrogen-bond acceptors (Lipinski definition) is 4. The molecule has 110 valence electrons. The molecule has 1 heterocycles. The number of carboxylic acid groups (broad SMARTS) is 1. The van der Waals surface area contributed by atoms with E-state index in [0.717, 1.165) is 16.7 Å². The van der Waals surface area contributed by atoms with E-state index in [0.29, 0.717) is 6.54 Å². The summed E-state index contributed by atoms with van der Waals surface area (Å²) in [5.74, 6) is -1.31. The number of benzene rings is 1. The normalized spacial score (nSPS) is 10.3. The number of hydrogen-bond donors (Lipinski definition) is 1. The molecule has 0 saturated carbocycles. The Hall–Kier alpha value is -2.70. The third-order valence-corrected chi connectivity index (χ3v) is 2.98. The lowest BCUT2D eigenvalue weighted by Crippen LogP contribution is -2.29. The largest absolute Gasteiger partial charge is 0.480 e. The van der Waals surface area contributed by atoms with Crippen molar-refractivity contribution in [2.24, 2.45) is 0 Å². The van der Waals surface area contributed by atoms with Gasteiger partial charge in [0.15, 0.2) is 5.69 Å². The number of carbonyl (C=O) groups is 2. The van der Waals surface area contributed by atoms with Gasteiger partial charge < -0.3 is 10.0 Å². The Kier molecular flexibility index (Phi) is 4.65. The highest BCUT2D eigenvalue weighted by molar-refractivity contribution is 5.91. The topological polar surface area (TPSA) is 88.3 Å². The average molecular weight is 288 g/mol. The first-order chi connectivity index (χ1) is 10.1. The number of likely N-dealkylation sites (N-methyl/N-ethyl adjacent to an activating group) is 1. The maximum atomic E-state index is 12.1. The fourth-order valence-corrected chi connectivity index (χ4v) is 1.85. The highest BCUT2D eigenvalue weighted by atomic mass is 16.4. The lowest BCUT2D eigenvalue weighted by atomic mass is 10.1. The molecule has 0 aliphatic carbocycles. The van der Waals surface area contributed by atoms with E-state index in [1.807, 2.05) is 30.3 Å². The van der Waals surface area contributed by atoms with Crippen molar-refractivity contribution in [2.45, 2.75) is 13.0 Å². The molecule has 2 aromatic rings. The molecule has 1 aromatic carbocycles. The average Bonchev–Trinajstić information content (AvgIpc) is 2.92. The second kappa shape index (κ2) is 6.65. The number of aromatic nitrogens is 3. The van der Waals surface area contributed by atoms with Crippen molar-refractivity contribution in [2.75, 3.05) is 13.6 Å². The van der Waals surface area contributed by atoms with Gasteiger partial charge in [-0.3, -0.25) is 9.59 Å². The molecule has 0 bridgehead atoms. The van der Waals surface area contributed by atoms with E-state index in [4.69, 9.17) is 5.11 Å². The Balaban J connectivity index is 1.92. The standard InChI is InChI=1S/C14H16N4O3/c1-17(8-7-11-5-3-2-4-6-11)14(21)12-9-18(16-15-12)10-13(19)20/h2-6,9H,7-8,10H2,1H3,(H,19,20). The van der Waals surface area contributed by atoms with Gasteiger partial charge in [0.05, 0.1) is 6.20 Å². The van der Waals surface area contributed by atoms with E-state index in [1.165, 1.54) is 6.20 Å². The van der Waals surface area contributed by atoms with E-state index in [2.05, 4.69) is 10.3 Å². The minimum absolute atomic E-state index is 0.145. The second-order valence-corrected chi connectivity index (χ2v) is 4.66. The third-order valence-electron chi connectivity index (χ3n) is 2.98. The molecule has 1 amide bonds. The molecule has 0 aliphatic heterocycles. The third kappa shape index (κ3) is 4.13. The minimum Gasteiger partial charge on any atom is -0.480 e. The van der Waals surface area contributed by atoms with Gasteiger partial charge >= 0.3 is 5.97 Å². The van der Waals surface area contributed by atoms with Gasteiger partial charge in [-0.25, -0.2) is 4.68 Å². The van der Waals surface area contributed by atoms with Crippen LogP contribution in [-0.4, -0.2) is 50.5 Å². The molecule has 7 nitrogen and oxygen atoms in total. The first-order valence-corrected chi connectivity index (χ1v) is 6.47. The molecular formula is C14H16N4O3. The molecule has 1 N–H and O–H groups in total. The van der Waals surface area contributed by atoms with Gasteiger partial charge in [0, 0.05) is 13.6 Å². The highest BCUT2D eigenvalue weighted by Crippen LogP contribution is 2.03. The Morgan fingerprint density at radius 2 is 2.00 bits per heavy atom. The SMILES string of the molecule is CN(CCc1ccccc1)C(=O)c1cn(CC(=O)O)nn1. The molecule has 2 rings (SSSR count). The van der Waals surface area contributed by atoms with Gasteiger partial charge in [0.2, 0.25) is 0 Å². The fourth-order valence-electron chi connectivity index (χ4n) is 1.85. The molecule has 0 aliphatic rings. The lowest BCUT2D eigenvalue weighted by Gasteiger charge is -2.15. The van der Waals surface area contributed by atoms with Crippen molar-refractivity contribution in [3.63, 3.8) is 0 Å². The first kappa shape index (κ1) is 14.7. The highest BCUT2D eigenvalue weighted by Gasteiger charge is 2.16. The summed E-state index contributed by atoms with van der Waals surface area (Å²) in [5.41, 5.74) is 1.29. The van der Waals surface area contributed by atoms with Crippen LogP contribution >= 0.6 is 0 Å². The van der Waals surface area contributed by atoms with Crippen LogP contribution in [0.2, 0.25) is 0 Å². The quantitative estimate of drug-likeness (QED) is 0.844. The summed E-state index contributed by atoms with van der Waals surface area (Å²) in [6.07, 6.45) is 2.09. The smallest absolute Gasteiger partial charge is 0.325 e. The summed E-state index contributed by atoms with van der Waals surface area (Å²) in [5, 5.41) is 16.0. The Bertz CT molecular complexity index is 624. The summed E-state index contributed by atoms with van der Waals surface area (Å²) >= 11 is 0. The van der Waals surface area contributed by atoms with E-state index in [-0.39, 0.29) is 18.1 Å². The molecule has 0 fully saturated rings. The van der Waals surface area contributed by atoms with Gasteiger partial charge in [-0.2, -0.15) is 0 Å². The van der Waals surface area contributed by atoms with Crippen LogP contribution in [0.15, 0.2) is 36.5 Å². The number of carbonyl (C=O) groups excluding carboxylic acids is 1. The van der Waals surface area contributed by atoms with Crippen LogP contribution in [0.4, 0.5) is 0 Å². The maximum absolute atomic E-state index is 12.1. The van der Waals surface area contributed by atoms with Crippen LogP contribution in [0.1, 0.15) is 16.1 Å². The van der Waals surface area contributed by atoms with Crippen molar-refractivity contribution in [1.82, 2.24) is 19.9 Å². The Morgan fingerprint density at radius 1 is 1.29 bits per heavy atom. The van der Waals surface area contributed by atoms with Crippen LogP contribution in [0, 0.1) is 0 Å². The molecule has 1 aromatic heterocycles. The molecule has 7 heteroatoms. The summed E-state index contributed by atoms with van der Waals surface area (Å²) in [4.78, 5) is 24.2. The van der Waals surface area contributed by atoms with Crippen molar-refractivity contribution < 1.29 is 14.7 Å². The number of nitrogens with zero attached hydrogens (tertiary/aromatic N) is 4. The van der Waals surface area contributed by atoms with Crippen molar-refractivity contribution in [1.29, 1.82) is 0 Å². The zero-order chi connectivity index (χ0) is 15.2. The van der Waals surface area contributed by atoms with E-state index < -0.39 is 5.97 Å². The number of carboxylic acids is 1. The summed E-state index contributed by atoms with van der Waals surface area (Å²) in [6, 6.07) is 9.85. The van der Waals surface area contributed by atoms with E-state index >= 15 is 0 Å². The second-order valence-electron chi connectivity index (χ2n) is 4.66. The zero-order valence-electron chi connectivity index (χ0n) is 11.6. The van der Waals surface area contributed by atoms with Crippen molar-refractivity contribution in [3.05, 3.63) is 47.8 Å². The van der Waals surface area contributed by atoms with E-state index in [1.54, 1.807) is 11.9 Å². The molecule has 0 unspecified atom stereocenters. The van der Waals surface area contributed by atoms with Gasteiger partial charge in [-0.05, 0) is 12.0 Å². The van der Waals surface area contributed by atoms with Crippen LogP contribution in [0.5, 0.6) is 0 Å². The molecule has 0 spiro atoms. The summed E-state index contributed by atoms with van der Waals surface area (Å²) in [7, 11) is 1.68. The lowest BCUT2D eigenvalue weighted by molar-refractivity contribution is -0.137. The predicted octanol–water partition coefficient (Wildman–Crippen LogP) is 0.677. The molecular weight excluding hydrogens is 272 g/mol. The molecule has 0 radical (unpaired) electrons. The van der Waals surface area contributed by atoms with Crippen LogP contribution in [0.3, 0.4) is 0 Å². The van der Waals surface area contributed by atoms with Gasteiger partial charge in [-0.15, -0.1) is 5.10 Å². The molecule has 0 atom stereocenters.